The smallest absolute Gasteiger partial charge is 0.229 e. The van der Waals surface area contributed by atoms with Crippen molar-refractivity contribution in [3.63, 3.8) is 0 Å². The van der Waals surface area contributed by atoms with Crippen LogP contribution in [-0.4, -0.2) is 58.4 Å². The summed E-state index contributed by atoms with van der Waals surface area (Å²) in [5.41, 5.74) is 0.567. The third-order valence-corrected chi connectivity index (χ3v) is 4.04. The molecule has 128 valence electrons. The molecule has 0 radical (unpaired) electrons. The van der Waals surface area contributed by atoms with E-state index >= 15 is 0 Å². The predicted octanol–water partition coefficient (Wildman–Crippen LogP) is 0.156. The summed E-state index contributed by atoms with van der Waals surface area (Å²) in [6.45, 7) is 3.50. The Morgan fingerprint density at radius 1 is 1.22 bits per heavy atom. The van der Waals surface area contributed by atoms with Gasteiger partial charge in [0.15, 0.2) is 5.79 Å². The van der Waals surface area contributed by atoms with E-state index in [9.17, 15) is 15.3 Å². The quantitative estimate of drug-likeness (QED) is 0.728. The number of aliphatic hydroxyl groups is 3. The molecule has 3 rings (SSSR count). The molecule has 3 N–H and O–H groups in total. The van der Waals surface area contributed by atoms with Crippen LogP contribution in [0.1, 0.15) is 19.4 Å². The molecular weight excluding hydrogens is 304 g/mol. The van der Waals surface area contributed by atoms with E-state index in [-0.39, 0.29) is 13.2 Å². The van der Waals surface area contributed by atoms with Gasteiger partial charge >= 0.3 is 0 Å². The number of hydrogen-bond donors (Lipinski definition) is 3. The van der Waals surface area contributed by atoms with Crippen LogP contribution in [0.2, 0.25) is 0 Å². The first-order valence-corrected chi connectivity index (χ1v) is 7.60. The number of para-hydroxylation sites is 1. The predicted molar refractivity (Wildman–Crippen MR) is 78.6 cm³/mol. The highest BCUT2D eigenvalue weighted by atomic mass is 16.8. The van der Waals surface area contributed by atoms with Crippen LogP contribution in [0.3, 0.4) is 0 Å². The van der Waals surface area contributed by atoms with Crippen LogP contribution in [0.15, 0.2) is 24.3 Å². The summed E-state index contributed by atoms with van der Waals surface area (Å²) in [5.74, 6) is -0.453. The van der Waals surface area contributed by atoms with Gasteiger partial charge in [0.2, 0.25) is 6.29 Å². The number of hydrogen-bond acceptors (Lipinski definition) is 7. The van der Waals surface area contributed by atoms with Crippen LogP contribution in [0.25, 0.3) is 0 Å². The minimum Gasteiger partial charge on any atom is -0.462 e. The van der Waals surface area contributed by atoms with Gasteiger partial charge in [-0.3, -0.25) is 0 Å². The Balaban J connectivity index is 1.75. The monoisotopic (exact) mass is 326 g/mol. The fraction of sp³-hybridized carbons (Fsp3) is 0.625. The molecule has 2 saturated heterocycles. The van der Waals surface area contributed by atoms with Gasteiger partial charge in [-0.1, -0.05) is 18.2 Å². The maximum atomic E-state index is 10.3. The molecule has 2 aliphatic rings. The second-order valence-corrected chi connectivity index (χ2v) is 6.20. The van der Waals surface area contributed by atoms with Gasteiger partial charge < -0.3 is 34.3 Å². The lowest BCUT2D eigenvalue weighted by atomic mass is 9.97. The summed E-state index contributed by atoms with van der Waals surface area (Å²) < 4.78 is 22.5. The van der Waals surface area contributed by atoms with E-state index in [4.69, 9.17) is 18.9 Å². The summed E-state index contributed by atoms with van der Waals surface area (Å²) in [5, 5.41) is 30.0. The van der Waals surface area contributed by atoms with Crippen molar-refractivity contribution in [1.82, 2.24) is 0 Å². The van der Waals surface area contributed by atoms with E-state index in [2.05, 4.69) is 0 Å². The first kappa shape index (κ1) is 16.6. The summed E-state index contributed by atoms with van der Waals surface area (Å²) in [7, 11) is 0. The Kier molecular flexibility index (Phi) is 4.59. The van der Waals surface area contributed by atoms with Crippen molar-refractivity contribution in [3.8, 4) is 5.75 Å². The van der Waals surface area contributed by atoms with Crippen LogP contribution in [0.4, 0.5) is 0 Å². The van der Waals surface area contributed by atoms with Crippen LogP contribution in [0.5, 0.6) is 5.75 Å². The zero-order valence-corrected chi connectivity index (χ0v) is 13.1. The van der Waals surface area contributed by atoms with Crippen LogP contribution >= 0.6 is 0 Å². The molecule has 1 aromatic carbocycles. The maximum absolute atomic E-state index is 10.3. The van der Waals surface area contributed by atoms with Gasteiger partial charge in [0, 0.05) is 5.56 Å². The second-order valence-electron chi connectivity index (χ2n) is 6.20. The molecular formula is C16H22O7. The van der Waals surface area contributed by atoms with E-state index in [0.717, 1.165) is 0 Å². The Morgan fingerprint density at radius 3 is 2.70 bits per heavy atom. The van der Waals surface area contributed by atoms with Crippen molar-refractivity contribution >= 4 is 0 Å². The molecule has 2 aliphatic heterocycles. The second kappa shape index (κ2) is 6.35. The highest BCUT2D eigenvalue weighted by molar-refractivity contribution is 5.32. The minimum absolute atomic E-state index is 0.200. The van der Waals surface area contributed by atoms with Gasteiger partial charge in [-0.15, -0.1) is 0 Å². The topological polar surface area (TPSA) is 97.6 Å². The Hall–Kier alpha value is -1.22. The number of fused-ring (bicyclic) bond motifs is 1. The summed E-state index contributed by atoms with van der Waals surface area (Å²) >= 11 is 0. The highest BCUT2D eigenvalue weighted by Crippen LogP contribution is 2.33. The van der Waals surface area contributed by atoms with Gasteiger partial charge in [0.05, 0.1) is 13.2 Å². The summed E-state index contributed by atoms with van der Waals surface area (Å²) in [6, 6.07) is 6.89. The molecule has 0 spiro atoms. The maximum Gasteiger partial charge on any atom is 0.229 e. The molecule has 0 amide bonds. The fourth-order valence-electron chi connectivity index (χ4n) is 2.80. The van der Waals surface area contributed by atoms with Crippen LogP contribution in [0, 0.1) is 0 Å². The number of benzene rings is 1. The zero-order chi connectivity index (χ0) is 16.6. The average molecular weight is 326 g/mol. The minimum atomic E-state index is -1.28. The highest BCUT2D eigenvalue weighted by Gasteiger charge is 2.51. The van der Waals surface area contributed by atoms with E-state index < -0.39 is 36.5 Å². The number of ether oxygens (including phenoxy) is 4. The fourth-order valence-corrected chi connectivity index (χ4v) is 2.80. The van der Waals surface area contributed by atoms with Crippen LogP contribution in [-0.2, 0) is 20.8 Å². The molecule has 0 saturated carbocycles. The SMILES string of the molecule is CC1(C)OC[C@H]2O[C@@H](Oc3ccccc3CO)[C@H](O)[C@@H](O)[C@@H]2O1. The summed E-state index contributed by atoms with van der Waals surface area (Å²) in [6.07, 6.45) is -4.76. The van der Waals surface area contributed by atoms with Crippen molar-refractivity contribution in [3.05, 3.63) is 29.8 Å². The molecule has 0 aliphatic carbocycles. The Morgan fingerprint density at radius 2 is 1.96 bits per heavy atom. The van der Waals surface area contributed by atoms with E-state index in [0.29, 0.717) is 11.3 Å². The molecule has 2 fully saturated rings. The van der Waals surface area contributed by atoms with E-state index in [1.54, 1.807) is 38.1 Å². The van der Waals surface area contributed by atoms with Crippen LogP contribution < -0.4 is 4.74 Å². The lowest BCUT2D eigenvalue weighted by molar-refractivity contribution is -0.373. The van der Waals surface area contributed by atoms with Gasteiger partial charge in [-0.25, -0.2) is 0 Å². The van der Waals surface area contributed by atoms with Crippen molar-refractivity contribution < 1.29 is 34.3 Å². The normalized spacial score (nSPS) is 36.3. The largest absolute Gasteiger partial charge is 0.462 e. The first-order chi connectivity index (χ1) is 10.9. The van der Waals surface area contributed by atoms with Gasteiger partial charge in [0.25, 0.3) is 0 Å². The standard InChI is InChI=1S/C16H22O7/c1-16(2)20-8-11-14(23-16)12(18)13(19)15(22-11)21-10-6-4-3-5-9(10)7-17/h3-6,11-15,17-19H,7-8H2,1-2H3/t11-,12-,13-,14-,15-/m1/s1. The average Bonchev–Trinajstić information content (AvgIpc) is 2.53. The lowest BCUT2D eigenvalue weighted by Gasteiger charge is -2.48. The van der Waals surface area contributed by atoms with Gasteiger partial charge in [-0.05, 0) is 19.9 Å². The van der Waals surface area contributed by atoms with E-state index in [1.165, 1.54) is 0 Å². The number of rotatable bonds is 3. The van der Waals surface area contributed by atoms with Crippen molar-refractivity contribution in [2.24, 2.45) is 0 Å². The molecule has 5 atom stereocenters. The molecule has 7 nitrogen and oxygen atoms in total. The van der Waals surface area contributed by atoms with Gasteiger partial charge in [-0.2, -0.15) is 0 Å². The molecule has 0 aromatic heterocycles. The summed E-state index contributed by atoms with van der Waals surface area (Å²) in [4.78, 5) is 0. The molecule has 2 heterocycles. The third-order valence-electron chi connectivity index (χ3n) is 4.04. The lowest BCUT2D eigenvalue weighted by Crippen LogP contribution is -2.65. The molecule has 0 unspecified atom stereocenters. The van der Waals surface area contributed by atoms with E-state index in [1.807, 2.05) is 0 Å². The molecule has 0 bridgehead atoms. The Labute approximate surface area is 134 Å². The third kappa shape index (κ3) is 3.35. The molecule has 7 heteroatoms. The number of aliphatic hydroxyl groups excluding tert-OH is 3. The first-order valence-electron chi connectivity index (χ1n) is 7.60. The van der Waals surface area contributed by atoms with Crippen molar-refractivity contribution in [2.45, 2.75) is 56.9 Å². The zero-order valence-electron chi connectivity index (χ0n) is 13.1. The molecule has 1 aromatic rings. The van der Waals surface area contributed by atoms with Gasteiger partial charge in [0.1, 0.15) is 30.2 Å². The van der Waals surface area contributed by atoms with Crippen molar-refractivity contribution in [1.29, 1.82) is 0 Å². The van der Waals surface area contributed by atoms with Crippen molar-refractivity contribution in [2.75, 3.05) is 6.61 Å². The Bertz CT molecular complexity index is 545. The molecule has 23 heavy (non-hydrogen) atoms.